The van der Waals surface area contributed by atoms with Crippen LogP contribution in [-0.2, 0) is 10.0 Å². The molecule has 1 saturated heterocycles. The maximum absolute atomic E-state index is 12.6. The van der Waals surface area contributed by atoms with Crippen LogP contribution in [0.5, 0.6) is 0 Å². The second-order valence-electron chi connectivity index (χ2n) is 4.72. The van der Waals surface area contributed by atoms with Crippen LogP contribution >= 0.6 is 39.7 Å². The highest BCUT2D eigenvalue weighted by molar-refractivity contribution is 9.10. The van der Waals surface area contributed by atoms with E-state index in [1.807, 2.05) is 4.90 Å². The minimum Gasteiger partial charge on any atom is -0.392 e. The number of nitrogens with two attached hydrogens (primary N) is 1. The summed E-state index contributed by atoms with van der Waals surface area (Å²) in [5.41, 5.74) is 5.50. The second-order valence-corrected chi connectivity index (χ2v) is 8.47. The zero-order valence-corrected chi connectivity index (χ0v) is 15.1. The van der Waals surface area contributed by atoms with E-state index in [2.05, 4.69) is 15.9 Å². The molecule has 9 heteroatoms. The molecule has 1 heterocycles. The normalized spacial score (nSPS) is 17.8. The lowest BCUT2D eigenvalue weighted by molar-refractivity contribution is 0.209. The Morgan fingerprint density at radius 1 is 1.33 bits per heavy atom. The van der Waals surface area contributed by atoms with Gasteiger partial charge in [0.1, 0.15) is 4.90 Å². The van der Waals surface area contributed by atoms with Crippen LogP contribution in [0.2, 0.25) is 5.02 Å². The molecule has 2 rings (SSSR count). The standard InChI is InChI=1S/C12H15BrClN3O2S2/c13-9-1-2-11(10(14)7-9)21(18,19)17-5-3-16(4-6-17)8-12(15)20/h1-2,7H,3-6,8H2,(H2,15,20). The number of halogens is 2. The molecular formula is C12H15BrClN3O2S2. The number of hydrogen-bond donors (Lipinski definition) is 1. The molecule has 0 atom stereocenters. The highest BCUT2D eigenvalue weighted by atomic mass is 79.9. The van der Waals surface area contributed by atoms with Crippen molar-refractivity contribution in [3.63, 3.8) is 0 Å². The van der Waals surface area contributed by atoms with Gasteiger partial charge in [-0.1, -0.05) is 39.7 Å². The molecule has 0 radical (unpaired) electrons. The van der Waals surface area contributed by atoms with Gasteiger partial charge in [-0.3, -0.25) is 4.90 Å². The molecule has 21 heavy (non-hydrogen) atoms. The fourth-order valence-electron chi connectivity index (χ4n) is 2.17. The van der Waals surface area contributed by atoms with Crippen LogP contribution in [-0.4, -0.2) is 55.3 Å². The molecule has 1 aromatic rings. The highest BCUT2D eigenvalue weighted by Gasteiger charge is 2.30. The van der Waals surface area contributed by atoms with E-state index in [1.165, 1.54) is 10.4 Å². The zero-order valence-electron chi connectivity index (χ0n) is 11.1. The molecule has 1 aliphatic heterocycles. The van der Waals surface area contributed by atoms with E-state index in [0.29, 0.717) is 37.7 Å². The van der Waals surface area contributed by atoms with E-state index in [0.717, 1.165) is 4.47 Å². The Labute approximate surface area is 143 Å². The lowest BCUT2D eigenvalue weighted by Gasteiger charge is -2.33. The third-order valence-electron chi connectivity index (χ3n) is 3.22. The third kappa shape index (κ3) is 4.14. The van der Waals surface area contributed by atoms with E-state index < -0.39 is 10.0 Å². The van der Waals surface area contributed by atoms with Gasteiger partial charge in [0.2, 0.25) is 10.0 Å². The Hall–Kier alpha value is -0.250. The first-order chi connectivity index (χ1) is 9.80. The lowest BCUT2D eigenvalue weighted by Crippen LogP contribution is -2.50. The maximum Gasteiger partial charge on any atom is 0.244 e. The van der Waals surface area contributed by atoms with Crippen LogP contribution in [0.25, 0.3) is 0 Å². The summed E-state index contributed by atoms with van der Waals surface area (Å²) in [7, 11) is -3.57. The fourth-order valence-corrected chi connectivity index (χ4v) is 4.79. The van der Waals surface area contributed by atoms with E-state index >= 15 is 0 Å². The average Bonchev–Trinajstić information content (AvgIpc) is 2.38. The molecule has 2 N–H and O–H groups in total. The van der Waals surface area contributed by atoms with Crippen molar-refractivity contribution < 1.29 is 8.42 Å². The first-order valence-electron chi connectivity index (χ1n) is 6.26. The maximum atomic E-state index is 12.6. The van der Waals surface area contributed by atoms with Gasteiger partial charge >= 0.3 is 0 Å². The van der Waals surface area contributed by atoms with Crippen molar-refractivity contribution in [2.75, 3.05) is 32.7 Å². The summed E-state index contributed by atoms with van der Waals surface area (Å²) in [6.45, 7) is 2.52. The fraction of sp³-hybridized carbons (Fsp3) is 0.417. The topological polar surface area (TPSA) is 66.6 Å². The molecule has 0 spiro atoms. The van der Waals surface area contributed by atoms with Crippen LogP contribution in [0.15, 0.2) is 27.6 Å². The summed E-state index contributed by atoms with van der Waals surface area (Å²) in [4.78, 5) is 2.59. The summed E-state index contributed by atoms with van der Waals surface area (Å²) < 4.78 is 27.4. The molecule has 5 nitrogen and oxygen atoms in total. The van der Waals surface area contributed by atoms with Crippen LogP contribution in [0.3, 0.4) is 0 Å². The van der Waals surface area contributed by atoms with Crippen molar-refractivity contribution in [3.05, 3.63) is 27.7 Å². The van der Waals surface area contributed by atoms with Gasteiger partial charge in [0, 0.05) is 37.2 Å². The molecule has 0 aliphatic carbocycles. The monoisotopic (exact) mass is 411 g/mol. The van der Waals surface area contributed by atoms with Crippen molar-refractivity contribution in [1.29, 1.82) is 0 Å². The van der Waals surface area contributed by atoms with Crippen LogP contribution in [0.4, 0.5) is 0 Å². The zero-order chi connectivity index (χ0) is 15.6. The van der Waals surface area contributed by atoms with Crippen LogP contribution in [0.1, 0.15) is 0 Å². The molecule has 1 aromatic carbocycles. The number of rotatable bonds is 4. The van der Waals surface area contributed by atoms with Gasteiger partial charge in [-0.05, 0) is 18.2 Å². The van der Waals surface area contributed by atoms with E-state index in [9.17, 15) is 8.42 Å². The molecular weight excluding hydrogens is 398 g/mol. The van der Waals surface area contributed by atoms with Crippen molar-refractivity contribution in [1.82, 2.24) is 9.21 Å². The number of hydrogen-bond acceptors (Lipinski definition) is 4. The summed E-state index contributed by atoms with van der Waals surface area (Å²) in [6.07, 6.45) is 0. The predicted molar refractivity (Wildman–Crippen MR) is 91.1 cm³/mol. The van der Waals surface area contributed by atoms with Gasteiger partial charge in [0.25, 0.3) is 0 Å². The van der Waals surface area contributed by atoms with Gasteiger partial charge in [-0.25, -0.2) is 8.42 Å². The Bertz CT molecular complexity index is 646. The van der Waals surface area contributed by atoms with Gasteiger partial charge in [0.05, 0.1) is 10.0 Å². The average molecular weight is 413 g/mol. The Morgan fingerprint density at radius 2 is 1.95 bits per heavy atom. The predicted octanol–water partition coefficient (Wildman–Crippen LogP) is 1.69. The molecule has 1 aliphatic rings. The molecule has 0 unspecified atom stereocenters. The smallest absolute Gasteiger partial charge is 0.244 e. The lowest BCUT2D eigenvalue weighted by atomic mass is 10.3. The van der Waals surface area contributed by atoms with E-state index in [1.54, 1.807) is 12.1 Å². The minimum absolute atomic E-state index is 0.134. The van der Waals surface area contributed by atoms with E-state index in [-0.39, 0.29) is 9.92 Å². The quantitative estimate of drug-likeness (QED) is 0.762. The number of piperazine rings is 1. The second kappa shape index (κ2) is 6.89. The first kappa shape index (κ1) is 17.1. The Morgan fingerprint density at radius 3 is 2.48 bits per heavy atom. The molecule has 0 aromatic heterocycles. The van der Waals surface area contributed by atoms with E-state index in [4.69, 9.17) is 29.6 Å². The summed E-state index contributed by atoms with van der Waals surface area (Å²) in [6, 6.07) is 4.77. The molecule has 1 fully saturated rings. The van der Waals surface area contributed by atoms with Crippen molar-refractivity contribution in [2.45, 2.75) is 4.90 Å². The SMILES string of the molecule is NC(=S)CN1CCN(S(=O)(=O)c2ccc(Br)cc2Cl)CC1. The number of sulfonamides is 1. The molecule has 116 valence electrons. The summed E-state index contributed by atoms with van der Waals surface area (Å²) in [5.74, 6) is 0. The molecule has 0 amide bonds. The van der Waals surface area contributed by atoms with Crippen molar-refractivity contribution in [2.24, 2.45) is 5.73 Å². The number of benzene rings is 1. The van der Waals surface area contributed by atoms with Gasteiger partial charge < -0.3 is 5.73 Å². The van der Waals surface area contributed by atoms with Crippen molar-refractivity contribution in [3.8, 4) is 0 Å². The number of nitrogens with zero attached hydrogens (tertiary/aromatic N) is 2. The number of thiocarbonyl (C=S) groups is 1. The van der Waals surface area contributed by atoms with Crippen molar-refractivity contribution >= 4 is 54.8 Å². The Kier molecular flexibility index (Phi) is 5.61. The minimum atomic E-state index is -3.57. The van der Waals surface area contributed by atoms with Gasteiger partial charge in [-0.2, -0.15) is 4.31 Å². The highest BCUT2D eigenvalue weighted by Crippen LogP contribution is 2.28. The molecule has 0 saturated carbocycles. The summed E-state index contributed by atoms with van der Waals surface area (Å²) >= 11 is 14.2. The van der Waals surface area contributed by atoms with Crippen LogP contribution in [0, 0.1) is 0 Å². The summed E-state index contributed by atoms with van der Waals surface area (Å²) in [5, 5.41) is 0.218. The van der Waals surface area contributed by atoms with Gasteiger partial charge in [0.15, 0.2) is 0 Å². The van der Waals surface area contributed by atoms with Gasteiger partial charge in [-0.15, -0.1) is 0 Å². The Balaban J connectivity index is 2.13. The largest absolute Gasteiger partial charge is 0.392 e. The molecule has 0 bridgehead atoms. The van der Waals surface area contributed by atoms with Crippen LogP contribution < -0.4 is 5.73 Å². The third-order valence-corrected chi connectivity index (χ3v) is 6.23. The first-order valence-corrected chi connectivity index (χ1v) is 9.28.